The lowest BCUT2D eigenvalue weighted by Gasteiger charge is -2.35. The maximum atomic E-state index is 12.6. The number of ether oxygens (including phenoxy) is 1. The summed E-state index contributed by atoms with van der Waals surface area (Å²) in [6.07, 6.45) is -3.04. The van der Waals surface area contributed by atoms with E-state index in [4.69, 9.17) is 15.7 Å². The van der Waals surface area contributed by atoms with Gasteiger partial charge in [-0.05, 0) is 34.7 Å². The Bertz CT molecular complexity index is 720. The molecule has 0 aliphatic heterocycles. The number of rotatable bonds is 6. The number of amides is 1. The molecule has 0 aliphatic rings. The molecule has 0 saturated heterocycles. The Morgan fingerprint density at radius 2 is 1.96 bits per heavy atom. The van der Waals surface area contributed by atoms with E-state index in [1.54, 1.807) is 6.92 Å². The highest BCUT2D eigenvalue weighted by Crippen LogP contribution is 2.29. The number of nitrogens with one attached hydrogen (secondary N) is 1. The quantitative estimate of drug-likeness (QED) is 0.264. The molecule has 0 spiro atoms. The first-order valence-electron chi connectivity index (χ1n) is 7.82. The Morgan fingerprint density at radius 1 is 1.37 bits per heavy atom. The lowest BCUT2D eigenvalue weighted by Crippen LogP contribution is -2.57. The molecule has 0 saturated carbocycles. The molecule has 0 radical (unpaired) electrons. The van der Waals surface area contributed by atoms with Gasteiger partial charge in [-0.3, -0.25) is 4.79 Å². The molecule has 1 atom stereocenters. The molecule has 1 unspecified atom stereocenters. The third-order valence-electron chi connectivity index (χ3n) is 3.39. The van der Waals surface area contributed by atoms with Crippen LogP contribution in [0.4, 0.5) is 13.2 Å². The Balaban J connectivity index is 3.09. The molecule has 1 heterocycles. The number of carbonyl (C=O) groups is 1. The van der Waals surface area contributed by atoms with Crippen LogP contribution in [0.2, 0.25) is 0 Å². The van der Waals surface area contributed by atoms with Crippen LogP contribution in [0.5, 0.6) is 5.75 Å². The number of halogens is 4. The molecule has 0 bridgehead atoms. The number of hydrogen-bond acceptors (Lipinski definition) is 5. The van der Waals surface area contributed by atoms with Crippen LogP contribution in [0.25, 0.3) is 0 Å². The van der Waals surface area contributed by atoms with Crippen LogP contribution in [0, 0.1) is 5.41 Å². The molecule has 152 valence electrons. The second-order valence-corrected chi connectivity index (χ2v) is 8.27. The topological polar surface area (TPSA) is 110 Å². The number of nitrogens with zero attached hydrogens (tertiary/aromatic N) is 2. The number of oxime groups is 1. The molecule has 7 nitrogen and oxygen atoms in total. The number of aromatic nitrogens is 1. The van der Waals surface area contributed by atoms with Crippen molar-refractivity contribution < 1.29 is 27.9 Å². The van der Waals surface area contributed by atoms with Crippen molar-refractivity contribution >= 4 is 27.7 Å². The van der Waals surface area contributed by atoms with Gasteiger partial charge in [-0.25, -0.2) is 4.98 Å². The van der Waals surface area contributed by atoms with Crippen molar-refractivity contribution in [1.29, 1.82) is 0 Å². The Kier molecular flexibility index (Phi) is 7.09. The van der Waals surface area contributed by atoms with Gasteiger partial charge in [-0.15, -0.1) is 0 Å². The molecule has 0 aliphatic carbocycles. The number of amidine groups is 1. The van der Waals surface area contributed by atoms with Gasteiger partial charge in [-0.1, -0.05) is 25.9 Å². The van der Waals surface area contributed by atoms with Gasteiger partial charge in [0, 0.05) is 12.3 Å². The zero-order valence-corrected chi connectivity index (χ0v) is 16.9. The van der Waals surface area contributed by atoms with E-state index >= 15 is 0 Å². The van der Waals surface area contributed by atoms with E-state index in [1.807, 2.05) is 20.8 Å². The van der Waals surface area contributed by atoms with Gasteiger partial charge in [-0.2, -0.15) is 13.2 Å². The summed E-state index contributed by atoms with van der Waals surface area (Å²) in [7, 11) is 0. The van der Waals surface area contributed by atoms with Gasteiger partial charge in [0.05, 0.1) is 10.0 Å². The highest BCUT2D eigenvalue weighted by Gasteiger charge is 2.36. The highest BCUT2D eigenvalue weighted by molar-refractivity contribution is 9.10. The van der Waals surface area contributed by atoms with E-state index in [1.165, 1.54) is 0 Å². The summed E-state index contributed by atoms with van der Waals surface area (Å²) in [4.78, 5) is 16.5. The minimum atomic E-state index is -4.53. The largest absolute Gasteiger partial charge is 0.483 e. The Labute approximate surface area is 163 Å². The summed E-state index contributed by atoms with van der Waals surface area (Å²) < 4.78 is 41.9. The summed E-state index contributed by atoms with van der Waals surface area (Å²) in [5.41, 5.74) is 4.07. The van der Waals surface area contributed by atoms with Crippen LogP contribution in [0.15, 0.2) is 21.9 Å². The number of nitrogens with two attached hydrogens (primary N) is 1. The van der Waals surface area contributed by atoms with Crippen molar-refractivity contribution in [3.63, 3.8) is 0 Å². The molecule has 1 aromatic rings. The molecule has 0 fully saturated rings. The lowest BCUT2D eigenvalue weighted by molar-refractivity contribution is -0.153. The zero-order chi connectivity index (χ0) is 21.0. The van der Waals surface area contributed by atoms with Crippen LogP contribution in [-0.4, -0.2) is 40.3 Å². The Hall–Kier alpha value is -2.04. The molecule has 27 heavy (non-hydrogen) atoms. The van der Waals surface area contributed by atoms with Crippen molar-refractivity contribution in [2.24, 2.45) is 16.3 Å². The molecule has 0 aromatic carbocycles. The number of pyridine rings is 1. The van der Waals surface area contributed by atoms with E-state index in [9.17, 15) is 18.0 Å². The first-order valence-corrected chi connectivity index (χ1v) is 8.62. The summed E-state index contributed by atoms with van der Waals surface area (Å²) in [5.74, 6) is -1.11. The smallest absolute Gasteiger partial charge is 0.422 e. The van der Waals surface area contributed by atoms with Crippen LogP contribution in [0.3, 0.4) is 0 Å². The second kappa shape index (κ2) is 8.32. The molecule has 11 heteroatoms. The van der Waals surface area contributed by atoms with E-state index in [2.05, 4.69) is 31.4 Å². The van der Waals surface area contributed by atoms with Gasteiger partial charge >= 0.3 is 6.18 Å². The normalized spacial score (nSPS) is 15.2. The van der Waals surface area contributed by atoms with Crippen LogP contribution >= 0.6 is 15.9 Å². The molecular formula is C16H22BrF3N4O3. The van der Waals surface area contributed by atoms with Crippen molar-refractivity contribution in [3.05, 3.63) is 22.4 Å². The number of hydrogen-bond donors (Lipinski definition) is 3. The van der Waals surface area contributed by atoms with E-state index < -0.39 is 24.2 Å². The predicted molar refractivity (Wildman–Crippen MR) is 96.8 cm³/mol. The molecular weight excluding hydrogens is 433 g/mol. The summed E-state index contributed by atoms with van der Waals surface area (Å²) >= 11 is 3.02. The maximum Gasteiger partial charge on any atom is 0.422 e. The first-order chi connectivity index (χ1) is 12.2. The van der Waals surface area contributed by atoms with Gasteiger partial charge in [0.15, 0.2) is 12.4 Å². The third kappa shape index (κ3) is 7.24. The fourth-order valence-electron chi connectivity index (χ4n) is 2.50. The minimum Gasteiger partial charge on any atom is -0.483 e. The SMILES string of the molecule is CC(C)(C)CC(C)(NC(=O)c1cc(OCC(F)(F)F)c(Br)cn1)/C(N)=N\O. The summed E-state index contributed by atoms with van der Waals surface area (Å²) in [6.45, 7) is 5.78. The number of carbonyl (C=O) groups excluding carboxylic acids is 1. The van der Waals surface area contributed by atoms with Gasteiger partial charge < -0.3 is 21.0 Å². The van der Waals surface area contributed by atoms with Crippen LogP contribution < -0.4 is 15.8 Å². The van der Waals surface area contributed by atoms with Gasteiger partial charge in [0.1, 0.15) is 11.4 Å². The van der Waals surface area contributed by atoms with Crippen molar-refractivity contribution in [3.8, 4) is 5.75 Å². The van der Waals surface area contributed by atoms with Crippen LogP contribution in [0.1, 0.15) is 44.6 Å². The third-order valence-corrected chi connectivity index (χ3v) is 3.99. The monoisotopic (exact) mass is 454 g/mol. The summed E-state index contributed by atoms with van der Waals surface area (Å²) in [6, 6.07) is 1.08. The summed E-state index contributed by atoms with van der Waals surface area (Å²) in [5, 5.41) is 14.6. The van der Waals surface area contributed by atoms with Crippen molar-refractivity contribution in [2.45, 2.75) is 45.8 Å². The standard InChI is InChI=1S/C16H22BrF3N4O3/c1-14(2,3)7-15(4,13(21)24-26)23-12(25)10-5-11(9(17)6-22-10)27-8-16(18,19)20/h5-6,26H,7-8H2,1-4H3,(H2,21,24)(H,23,25). The van der Waals surface area contributed by atoms with Crippen molar-refractivity contribution in [1.82, 2.24) is 10.3 Å². The van der Waals surface area contributed by atoms with Crippen molar-refractivity contribution in [2.75, 3.05) is 6.61 Å². The zero-order valence-electron chi connectivity index (χ0n) is 15.3. The lowest BCUT2D eigenvalue weighted by atomic mass is 9.80. The maximum absolute atomic E-state index is 12.6. The Morgan fingerprint density at radius 3 is 2.44 bits per heavy atom. The fraction of sp³-hybridized carbons (Fsp3) is 0.562. The average Bonchev–Trinajstić information content (AvgIpc) is 2.50. The highest BCUT2D eigenvalue weighted by atomic mass is 79.9. The first kappa shape index (κ1) is 23.0. The molecule has 1 rings (SSSR count). The fourth-order valence-corrected chi connectivity index (χ4v) is 2.83. The molecule has 1 aromatic heterocycles. The van der Waals surface area contributed by atoms with Crippen LogP contribution in [-0.2, 0) is 0 Å². The number of alkyl halides is 3. The molecule has 1 amide bonds. The van der Waals surface area contributed by atoms with E-state index in [0.717, 1.165) is 12.3 Å². The average molecular weight is 455 g/mol. The second-order valence-electron chi connectivity index (χ2n) is 7.41. The van der Waals surface area contributed by atoms with E-state index in [0.29, 0.717) is 6.42 Å². The minimum absolute atomic E-state index is 0.164. The van der Waals surface area contributed by atoms with E-state index in [-0.39, 0.29) is 27.2 Å². The van der Waals surface area contributed by atoms with Gasteiger partial charge in [0.2, 0.25) is 0 Å². The molecule has 4 N–H and O–H groups in total. The predicted octanol–water partition coefficient (Wildman–Crippen LogP) is 3.46. The van der Waals surface area contributed by atoms with Gasteiger partial charge in [0.25, 0.3) is 5.91 Å².